The fraction of sp³-hybridized carbons (Fsp3) is 0.286. The largest absolute Gasteiger partial charge is 0.452 e. The summed E-state index contributed by atoms with van der Waals surface area (Å²) in [5.74, 6) is -1.35. The second kappa shape index (κ2) is 10.1. The predicted octanol–water partition coefficient (Wildman–Crippen LogP) is 3.40. The average Bonchev–Trinajstić information content (AvgIpc) is 2.67. The van der Waals surface area contributed by atoms with Gasteiger partial charge in [0.2, 0.25) is 0 Å². The van der Waals surface area contributed by atoms with Crippen molar-refractivity contribution in [3.05, 3.63) is 65.7 Å². The molecule has 2 aromatic rings. The first-order valence-corrected chi connectivity index (χ1v) is 8.93. The van der Waals surface area contributed by atoms with Gasteiger partial charge in [0, 0.05) is 11.6 Å². The third-order valence-electron chi connectivity index (χ3n) is 3.89. The first-order chi connectivity index (χ1) is 13.0. The molecule has 0 aliphatic rings. The Morgan fingerprint density at radius 2 is 1.67 bits per heavy atom. The molecule has 2 N–H and O–H groups in total. The van der Waals surface area contributed by atoms with Gasteiger partial charge >= 0.3 is 5.97 Å². The number of hydrogen-bond donors (Lipinski definition) is 2. The summed E-state index contributed by atoms with van der Waals surface area (Å²) in [6.07, 6.45) is 1.81. The van der Waals surface area contributed by atoms with Gasteiger partial charge in [-0.05, 0) is 37.6 Å². The molecule has 0 heterocycles. The highest BCUT2D eigenvalue weighted by molar-refractivity contribution is 6.08. The molecule has 2 amide bonds. The lowest BCUT2D eigenvalue weighted by molar-refractivity contribution is -0.124. The van der Waals surface area contributed by atoms with Crippen LogP contribution in [0.1, 0.15) is 47.4 Å². The molecular formula is C21H24N2O4. The summed E-state index contributed by atoms with van der Waals surface area (Å²) in [5, 5.41) is 5.47. The molecule has 0 bridgehead atoms. The molecule has 0 unspecified atom stereocenters. The molecule has 2 aromatic carbocycles. The van der Waals surface area contributed by atoms with Crippen LogP contribution in [0, 0.1) is 0 Å². The molecular weight excluding hydrogens is 344 g/mol. The zero-order valence-corrected chi connectivity index (χ0v) is 15.5. The number of nitrogens with one attached hydrogen (secondary N) is 2. The van der Waals surface area contributed by atoms with Gasteiger partial charge in [-0.1, -0.05) is 43.7 Å². The number of benzene rings is 2. The van der Waals surface area contributed by atoms with Gasteiger partial charge in [0.15, 0.2) is 6.61 Å². The number of hydrogen-bond acceptors (Lipinski definition) is 4. The Hall–Kier alpha value is -3.15. The van der Waals surface area contributed by atoms with Crippen molar-refractivity contribution in [3.8, 4) is 0 Å². The van der Waals surface area contributed by atoms with E-state index in [1.807, 2.05) is 19.9 Å². The third-order valence-corrected chi connectivity index (χ3v) is 3.89. The molecule has 0 aliphatic carbocycles. The van der Waals surface area contributed by atoms with E-state index in [-0.39, 0.29) is 30.0 Å². The van der Waals surface area contributed by atoms with Crippen LogP contribution in [0.3, 0.4) is 0 Å². The molecule has 0 aliphatic heterocycles. The van der Waals surface area contributed by atoms with Gasteiger partial charge < -0.3 is 15.4 Å². The zero-order valence-electron chi connectivity index (χ0n) is 15.5. The van der Waals surface area contributed by atoms with Crippen LogP contribution in [0.2, 0.25) is 0 Å². The molecule has 27 heavy (non-hydrogen) atoms. The number of amides is 2. The lowest BCUT2D eigenvalue weighted by atomic mass is 10.1. The molecule has 0 fully saturated rings. The minimum absolute atomic E-state index is 0.0265. The highest BCUT2D eigenvalue weighted by Crippen LogP contribution is 2.17. The second-order valence-corrected chi connectivity index (χ2v) is 6.20. The Kier molecular flexibility index (Phi) is 7.55. The van der Waals surface area contributed by atoms with E-state index in [1.165, 1.54) is 0 Å². The van der Waals surface area contributed by atoms with Crippen molar-refractivity contribution < 1.29 is 19.1 Å². The van der Waals surface area contributed by atoms with Gasteiger partial charge in [-0.15, -0.1) is 0 Å². The maximum Gasteiger partial charge on any atom is 0.340 e. The number of esters is 1. The average molecular weight is 368 g/mol. The van der Waals surface area contributed by atoms with E-state index in [4.69, 9.17) is 4.74 Å². The van der Waals surface area contributed by atoms with Crippen molar-refractivity contribution in [2.75, 3.05) is 11.9 Å². The van der Waals surface area contributed by atoms with Crippen LogP contribution in [0.4, 0.5) is 5.69 Å². The van der Waals surface area contributed by atoms with Crippen molar-refractivity contribution in [2.24, 2.45) is 0 Å². The minimum Gasteiger partial charge on any atom is -0.452 e. The predicted molar refractivity (Wildman–Crippen MR) is 104 cm³/mol. The van der Waals surface area contributed by atoms with Gasteiger partial charge in [0.05, 0.1) is 11.3 Å². The number of para-hydroxylation sites is 1. The summed E-state index contributed by atoms with van der Waals surface area (Å²) in [6, 6.07) is 15.2. The quantitative estimate of drug-likeness (QED) is 0.700. The molecule has 0 spiro atoms. The van der Waals surface area contributed by atoms with E-state index in [9.17, 15) is 14.4 Å². The standard InChI is InChI=1S/C21H24N2O4/c1-3-9-15(2)22-19(24)14-27-21(26)17-12-7-8-13-18(17)23-20(25)16-10-5-4-6-11-16/h4-8,10-13,15H,3,9,14H2,1-2H3,(H,22,24)(H,23,25)/t15-/m1/s1. The minimum atomic E-state index is -0.669. The van der Waals surface area contributed by atoms with Gasteiger partial charge in [0.25, 0.3) is 11.8 Å². The van der Waals surface area contributed by atoms with E-state index < -0.39 is 5.97 Å². The van der Waals surface area contributed by atoms with Crippen LogP contribution < -0.4 is 10.6 Å². The second-order valence-electron chi connectivity index (χ2n) is 6.20. The molecule has 0 aromatic heterocycles. The molecule has 2 rings (SSSR count). The Labute approximate surface area is 158 Å². The van der Waals surface area contributed by atoms with Gasteiger partial charge in [-0.25, -0.2) is 4.79 Å². The van der Waals surface area contributed by atoms with Crippen molar-refractivity contribution in [3.63, 3.8) is 0 Å². The van der Waals surface area contributed by atoms with Crippen molar-refractivity contribution in [1.82, 2.24) is 5.32 Å². The monoisotopic (exact) mass is 368 g/mol. The number of ether oxygens (including phenoxy) is 1. The van der Waals surface area contributed by atoms with Crippen molar-refractivity contribution in [1.29, 1.82) is 0 Å². The number of anilines is 1. The lowest BCUT2D eigenvalue weighted by Gasteiger charge is -2.14. The van der Waals surface area contributed by atoms with E-state index in [0.29, 0.717) is 11.3 Å². The highest BCUT2D eigenvalue weighted by Gasteiger charge is 2.17. The fourth-order valence-electron chi connectivity index (χ4n) is 2.58. The van der Waals surface area contributed by atoms with E-state index in [2.05, 4.69) is 10.6 Å². The Morgan fingerprint density at radius 3 is 2.37 bits per heavy atom. The smallest absolute Gasteiger partial charge is 0.340 e. The first kappa shape index (κ1) is 20.2. The highest BCUT2D eigenvalue weighted by atomic mass is 16.5. The SMILES string of the molecule is CCC[C@@H](C)NC(=O)COC(=O)c1ccccc1NC(=O)c1ccccc1. The third kappa shape index (κ3) is 6.26. The van der Waals surface area contributed by atoms with Crippen molar-refractivity contribution >= 4 is 23.5 Å². The van der Waals surface area contributed by atoms with Gasteiger partial charge in [-0.3, -0.25) is 9.59 Å². The summed E-state index contributed by atoms with van der Waals surface area (Å²) in [6.45, 7) is 3.56. The van der Waals surface area contributed by atoms with Crippen molar-refractivity contribution in [2.45, 2.75) is 32.7 Å². The molecule has 142 valence electrons. The van der Waals surface area contributed by atoms with Gasteiger partial charge in [0.1, 0.15) is 0 Å². The van der Waals surface area contributed by atoms with Crippen LogP contribution in [0.5, 0.6) is 0 Å². The van der Waals surface area contributed by atoms with E-state index in [0.717, 1.165) is 12.8 Å². The summed E-state index contributed by atoms with van der Waals surface area (Å²) in [7, 11) is 0. The normalized spacial score (nSPS) is 11.3. The lowest BCUT2D eigenvalue weighted by Crippen LogP contribution is -2.35. The first-order valence-electron chi connectivity index (χ1n) is 8.93. The molecule has 0 saturated carbocycles. The summed E-state index contributed by atoms with van der Waals surface area (Å²) >= 11 is 0. The number of carbonyl (C=O) groups is 3. The maximum absolute atomic E-state index is 12.3. The summed E-state index contributed by atoms with van der Waals surface area (Å²) in [4.78, 5) is 36.5. The zero-order chi connectivity index (χ0) is 19.6. The van der Waals surface area contributed by atoms with Crippen LogP contribution >= 0.6 is 0 Å². The topological polar surface area (TPSA) is 84.5 Å². The van der Waals surface area contributed by atoms with Gasteiger partial charge in [-0.2, -0.15) is 0 Å². The van der Waals surface area contributed by atoms with Crippen LogP contribution in [0.15, 0.2) is 54.6 Å². The van der Waals surface area contributed by atoms with E-state index in [1.54, 1.807) is 48.5 Å². The summed E-state index contributed by atoms with van der Waals surface area (Å²) < 4.78 is 5.09. The van der Waals surface area contributed by atoms with Crippen LogP contribution in [-0.4, -0.2) is 30.4 Å². The Morgan fingerprint density at radius 1 is 1.00 bits per heavy atom. The Balaban J connectivity index is 1.99. The van der Waals surface area contributed by atoms with Crippen LogP contribution in [-0.2, 0) is 9.53 Å². The fourth-order valence-corrected chi connectivity index (χ4v) is 2.58. The Bertz CT molecular complexity index is 790. The number of rotatable bonds is 8. The number of carbonyl (C=O) groups excluding carboxylic acids is 3. The molecule has 6 nitrogen and oxygen atoms in total. The molecule has 1 atom stereocenters. The molecule has 0 saturated heterocycles. The maximum atomic E-state index is 12.3. The van der Waals surface area contributed by atoms with E-state index >= 15 is 0 Å². The molecule has 6 heteroatoms. The van der Waals surface area contributed by atoms with Crippen LogP contribution in [0.25, 0.3) is 0 Å². The summed E-state index contributed by atoms with van der Waals surface area (Å²) in [5.41, 5.74) is 0.997. The molecule has 0 radical (unpaired) electrons.